The molecule has 36 heavy (non-hydrogen) atoms. The summed E-state index contributed by atoms with van der Waals surface area (Å²) in [4.78, 5) is 62.6. The third kappa shape index (κ3) is 7.19. The summed E-state index contributed by atoms with van der Waals surface area (Å²) >= 11 is 0. The number of carbonyl (C=O) groups is 5. The van der Waals surface area contributed by atoms with Crippen LogP contribution in [0.25, 0.3) is 0 Å². The van der Waals surface area contributed by atoms with Gasteiger partial charge in [0.15, 0.2) is 5.78 Å². The van der Waals surface area contributed by atoms with E-state index in [9.17, 15) is 24.0 Å². The average Bonchev–Trinajstić information content (AvgIpc) is 3.11. The third-order valence-electron chi connectivity index (χ3n) is 5.66. The standard InChI is InChI=1S/C25H32N2O9/c1-2-10-33-12-14-35-15-13-34-11-4-5-17(28)16-36-20-7-3-6-18-22(20)25(32)27(24(18)31)19-8-9-21(29)26-23(19)30/h3,6-7,19H,2,4-5,8-16H2,1H3,(H,26,29,30). The van der Waals surface area contributed by atoms with E-state index in [0.29, 0.717) is 39.5 Å². The SMILES string of the molecule is CCCOCCOCCOCCCC(=O)COc1cccc2c1C(=O)N(C1CCC(=O)NC1=O)C2=O. The van der Waals surface area contributed by atoms with Crippen molar-refractivity contribution < 1.29 is 42.9 Å². The minimum atomic E-state index is -1.07. The molecule has 2 heterocycles. The predicted octanol–water partition coefficient (Wildman–Crippen LogP) is 1.28. The molecule has 1 saturated heterocycles. The maximum atomic E-state index is 13.0. The van der Waals surface area contributed by atoms with Gasteiger partial charge >= 0.3 is 0 Å². The van der Waals surface area contributed by atoms with Crippen LogP contribution < -0.4 is 10.1 Å². The Kier molecular flexibility index (Phi) is 10.5. The van der Waals surface area contributed by atoms with Gasteiger partial charge in [-0.05, 0) is 31.4 Å². The molecule has 196 valence electrons. The summed E-state index contributed by atoms with van der Waals surface area (Å²) in [5.41, 5.74) is 0.116. The highest BCUT2D eigenvalue weighted by molar-refractivity contribution is 6.24. The monoisotopic (exact) mass is 504 g/mol. The Bertz CT molecular complexity index is 978. The molecule has 2 aliphatic rings. The Hall–Kier alpha value is -3.15. The third-order valence-corrected chi connectivity index (χ3v) is 5.66. The van der Waals surface area contributed by atoms with Crippen molar-refractivity contribution >= 4 is 29.4 Å². The largest absolute Gasteiger partial charge is 0.485 e. The number of carbonyl (C=O) groups excluding carboxylic acids is 5. The van der Waals surface area contributed by atoms with Crippen LogP contribution in [0.4, 0.5) is 0 Å². The van der Waals surface area contributed by atoms with Crippen molar-refractivity contribution in [2.24, 2.45) is 0 Å². The van der Waals surface area contributed by atoms with E-state index in [-0.39, 0.29) is 48.5 Å². The van der Waals surface area contributed by atoms with Crippen LogP contribution in [-0.2, 0) is 28.6 Å². The van der Waals surface area contributed by atoms with E-state index >= 15 is 0 Å². The Balaban J connectivity index is 1.40. The van der Waals surface area contributed by atoms with E-state index in [2.05, 4.69) is 5.32 Å². The number of rotatable bonds is 16. The predicted molar refractivity (Wildman–Crippen MR) is 126 cm³/mol. The number of imide groups is 2. The second-order valence-electron chi connectivity index (χ2n) is 8.39. The minimum Gasteiger partial charge on any atom is -0.485 e. The molecule has 4 amide bonds. The number of hydrogen-bond acceptors (Lipinski definition) is 9. The first-order valence-electron chi connectivity index (χ1n) is 12.2. The molecule has 1 unspecified atom stereocenters. The molecular formula is C25H32N2O9. The minimum absolute atomic E-state index is 0.0171. The second-order valence-corrected chi connectivity index (χ2v) is 8.39. The lowest BCUT2D eigenvalue weighted by atomic mass is 10.0. The van der Waals surface area contributed by atoms with Gasteiger partial charge in [0.1, 0.15) is 18.4 Å². The zero-order valence-corrected chi connectivity index (χ0v) is 20.4. The zero-order valence-electron chi connectivity index (χ0n) is 20.4. The molecule has 0 aliphatic carbocycles. The Morgan fingerprint density at radius 1 is 0.972 bits per heavy atom. The molecule has 11 heteroatoms. The number of Topliss-reactive ketones (excluding diaryl/α,β-unsaturated/α-hetero) is 1. The van der Waals surface area contributed by atoms with E-state index in [1.54, 1.807) is 6.07 Å². The first-order valence-corrected chi connectivity index (χ1v) is 12.2. The Morgan fingerprint density at radius 2 is 1.67 bits per heavy atom. The van der Waals surface area contributed by atoms with Crippen molar-refractivity contribution in [1.29, 1.82) is 0 Å². The van der Waals surface area contributed by atoms with Crippen molar-refractivity contribution in [2.75, 3.05) is 46.2 Å². The number of benzene rings is 1. The van der Waals surface area contributed by atoms with E-state index in [1.165, 1.54) is 12.1 Å². The summed E-state index contributed by atoms with van der Waals surface area (Å²) < 4.78 is 21.7. The van der Waals surface area contributed by atoms with Crippen LogP contribution in [0.1, 0.15) is 59.7 Å². The topological polar surface area (TPSA) is 138 Å². The summed E-state index contributed by atoms with van der Waals surface area (Å²) in [6.07, 6.45) is 1.81. The van der Waals surface area contributed by atoms with Crippen LogP contribution in [0.2, 0.25) is 0 Å². The quantitative estimate of drug-likeness (QED) is 0.261. The van der Waals surface area contributed by atoms with Crippen molar-refractivity contribution in [3.8, 4) is 5.75 Å². The number of hydrogen-bond donors (Lipinski definition) is 1. The molecule has 1 fully saturated rings. The van der Waals surface area contributed by atoms with E-state index in [4.69, 9.17) is 18.9 Å². The molecule has 11 nitrogen and oxygen atoms in total. The van der Waals surface area contributed by atoms with Gasteiger partial charge in [-0.3, -0.25) is 34.2 Å². The summed E-state index contributed by atoms with van der Waals surface area (Å²) in [7, 11) is 0. The Morgan fingerprint density at radius 3 is 2.36 bits per heavy atom. The van der Waals surface area contributed by atoms with Gasteiger partial charge in [0.05, 0.1) is 37.6 Å². The molecule has 1 atom stereocenters. The Labute approximate surface area is 209 Å². The maximum absolute atomic E-state index is 13.0. The molecular weight excluding hydrogens is 472 g/mol. The number of ether oxygens (including phenoxy) is 4. The summed E-state index contributed by atoms with van der Waals surface area (Å²) in [5.74, 6) is -2.52. The van der Waals surface area contributed by atoms with Gasteiger partial charge in [-0.15, -0.1) is 0 Å². The smallest absolute Gasteiger partial charge is 0.266 e. The highest BCUT2D eigenvalue weighted by Crippen LogP contribution is 2.33. The lowest BCUT2D eigenvalue weighted by Gasteiger charge is -2.27. The van der Waals surface area contributed by atoms with Crippen molar-refractivity contribution in [2.45, 2.75) is 45.1 Å². The fraction of sp³-hybridized carbons (Fsp3) is 0.560. The van der Waals surface area contributed by atoms with Crippen LogP contribution >= 0.6 is 0 Å². The summed E-state index contributed by atoms with van der Waals surface area (Å²) in [6, 6.07) is 3.45. The van der Waals surface area contributed by atoms with Crippen LogP contribution in [0, 0.1) is 0 Å². The number of nitrogens with zero attached hydrogens (tertiary/aromatic N) is 1. The highest BCUT2D eigenvalue weighted by atomic mass is 16.5. The molecule has 1 aromatic carbocycles. The molecule has 0 radical (unpaired) electrons. The number of ketones is 1. The zero-order chi connectivity index (χ0) is 25.9. The fourth-order valence-electron chi connectivity index (χ4n) is 3.89. The number of amides is 4. The molecule has 1 aromatic rings. The van der Waals surface area contributed by atoms with Crippen molar-refractivity contribution in [3.63, 3.8) is 0 Å². The molecule has 0 bridgehead atoms. The maximum Gasteiger partial charge on any atom is 0.266 e. The van der Waals surface area contributed by atoms with Crippen molar-refractivity contribution in [3.05, 3.63) is 29.3 Å². The van der Waals surface area contributed by atoms with Gasteiger partial charge in [-0.25, -0.2) is 0 Å². The fourth-order valence-corrected chi connectivity index (χ4v) is 3.89. The van der Waals surface area contributed by atoms with Gasteiger partial charge in [-0.2, -0.15) is 0 Å². The summed E-state index contributed by atoms with van der Waals surface area (Å²) in [5, 5.41) is 2.15. The lowest BCUT2D eigenvalue weighted by molar-refractivity contribution is -0.136. The normalized spacial score (nSPS) is 17.4. The molecule has 0 aromatic heterocycles. The van der Waals surface area contributed by atoms with Crippen LogP contribution in [-0.4, -0.2) is 86.6 Å². The van der Waals surface area contributed by atoms with Crippen LogP contribution in [0.5, 0.6) is 5.75 Å². The van der Waals surface area contributed by atoms with Crippen LogP contribution in [0.3, 0.4) is 0 Å². The number of fused-ring (bicyclic) bond motifs is 1. The lowest BCUT2D eigenvalue weighted by Crippen LogP contribution is -2.54. The van der Waals surface area contributed by atoms with E-state index in [1.807, 2.05) is 6.92 Å². The van der Waals surface area contributed by atoms with Gasteiger partial charge in [0.25, 0.3) is 11.8 Å². The molecule has 3 rings (SSSR count). The van der Waals surface area contributed by atoms with Gasteiger partial charge in [0.2, 0.25) is 11.8 Å². The molecule has 0 spiro atoms. The van der Waals surface area contributed by atoms with Crippen LogP contribution in [0.15, 0.2) is 18.2 Å². The molecule has 0 saturated carbocycles. The second kappa shape index (κ2) is 13.8. The van der Waals surface area contributed by atoms with E-state index in [0.717, 1.165) is 17.9 Å². The first-order chi connectivity index (χ1) is 17.4. The first kappa shape index (κ1) is 27.4. The number of nitrogens with one attached hydrogen (secondary N) is 1. The highest BCUT2D eigenvalue weighted by Gasteiger charge is 2.46. The van der Waals surface area contributed by atoms with Gasteiger partial charge < -0.3 is 18.9 Å². The molecule has 2 aliphatic heterocycles. The number of piperidine rings is 1. The van der Waals surface area contributed by atoms with E-state index < -0.39 is 29.7 Å². The van der Waals surface area contributed by atoms with Gasteiger partial charge in [-0.1, -0.05) is 13.0 Å². The van der Waals surface area contributed by atoms with Gasteiger partial charge in [0, 0.05) is 26.1 Å². The van der Waals surface area contributed by atoms with Crippen molar-refractivity contribution in [1.82, 2.24) is 10.2 Å². The molecule has 1 N–H and O–H groups in total. The average molecular weight is 505 g/mol. The summed E-state index contributed by atoms with van der Waals surface area (Å²) in [6.45, 7) is 4.85.